The lowest BCUT2D eigenvalue weighted by atomic mass is 10.4. The second-order valence-electron chi connectivity index (χ2n) is 1.72. The van der Waals surface area contributed by atoms with Crippen LogP contribution in [-0.2, 0) is 9.59 Å². The monoisotopic (exact) mass is 200 g/mol. The molecule has 0 rings (SSSR count). The van der Waals surface area contributed by atoms with Crippen LogP contribution in [0.4, 0.5) is 0 Å². The minimum atomic E-state index is -0.968. The highest BCUT2D eigenvalue weighted by molar-refractivity contribution is 5.85. The normalized spacial score (nSPS) is 9.92. The molecule has 6 nitrogen and oxygen atoms in total. The summed E-state index contributed by atoms with van der Waals surface area (Å²) in [7, 11) is 0. The predicted molar refractivity (Wildman–Crippen MR) is 45.2 cm³/mol. The molecular formula is C5H13ClN2O4. The zero-order chi connectivity index (χ0) is 9.44. The summed E-state index contributed by atoms with van der Waals surface area (Å²) in [5.74, 6) is -1.93. The maximum Gasteiger partial charge on any atom is 0.320 e. The fourth-order valence-electron chi connectivity index (χ4n) is 0. The highest BCUT2D eigenvalue weighted by Crippen LogP contribution is 1.68. The predicted octanol–water partition coefficient (Wildman–Crippen LogP) is -1.13. The molecule has 0 aromatic carbocycles. The summed E-state index contributed by atoms with van der Waals surface area (Å²) in [4.78, 5) is 18.8. The van der Waals surface area contributed by atoms with Crippen LogP contribution in [0.25, 0.3) is 0 Å². The van der Waals surface area contributed by atoms with Crippen molar-refractivity contribution in [2.45, 2.75) is 13.0 Å². The maximum atomic E-state index is 9.57. The standard InChI is InChI=1S/C3H7NO2.C2H5NO2.ClH/c1-2(4)3(5)6;3-1-2(4)5;/h2H,4H2,1H3,(H,5,6);1,3H2,(H,4,5);1H/t2-;;/m0../s1. The molecule has 0 spiro atoms. The van der Waals surface area contributed by atoms with Crippen LogP contribution in [0.15, 0.2) is 0 Å². The van der Waals surface area contributed by atoms with E-state index in [-0.39, 0.29) is 19.0 Å². The van der Waals surface area contributed by atoms with E-state index in [0.29, 0.717) is 0 Å². The van der Waals surface area contributed by atoms with Gasteiger partial charge in [0.05, 0.1) is 6.54 Å². The Morgan fingerprint density at radius 2 is 1.58 bits per heavy atom. The number of rotatable bonds is 2. The first-order valence-electron chi connectivity index (χ1n) is 2.82. The van der Waals surface area contributed by atoms with Crippen LogP contribution in [0.1, 0.15) is 6.92 Å². The number of hydrogen-bond donors (Lipinski definition) is 4. The molecule has 0 radical (unpaired) electrons. The molecule has 0 saturated heterocycles. The Morgan fingerprint density at radius 1 is 1.42 bits per heavy atom. The van der Waals surface area contributed by atoms with E-state index in [1.807, 2.05) is 0 Å². The average Bonchev–Trinajstić information content (AvgIpc) is 1.89. The largest absolute Gasteiger partial charge is 0.480 e. The van der Waals surface area contributed by atoms with Crippen molar-refractivity contribution < 1.29 is 19.8 Å². The fraction of sp³-hybridized carbons (Fsp3) is 0.600. The van der Waals surface area contributed by atoms with Crippen molar-refractivity contribution in [3.05, 3.63) is 0 Å². The molecule has 0 amide bonds. The molecule has 0 aromatic rings. The van der Waals surface area contributed by atoms with E-state index in [1.54, 1.807) is 0 Å². The number of aliphatic carboxylic acids is 2. The lowest BCUT2D eigenvalue weighted by Crippen LogP contribution is -2.25. The lowest BCUT2D eigenvalue weighted by Gasteiger charge is -1.90. The third-order valence-electron chi connectivity index (χ3n) is 0.564. The van der Waals surface area contributed by atoms with Crippen molar-refractivity contribution in [2.75, 3.05) is 6.54 Å². The molecule has 12 heavy (non-hydrogen) atoms. The van der Waals surface area contributed by atoms with Crippen molar-refractivity contribution in [3.8, 4) is 0 Å². The van der Waals surface area contributed by atoms with Gasteiger partial charge in [0.25, 0.3) is 0 Å². The molecule has 0 aliphatic rings. The zero-order valence-corrected chi connectivity index (χ0v) is 7.37. The smallest absolute Gasteiger partial charge is 0.320 e. The van der Waals surface area contributed by atoms with Gasteiger partial charge in [0.2, 0.25) is 0 Å². The average molecular weight is 201 g/mol. The number of carboxylic acids is 2. The van der Waals surface area contributed by atoms with E-state index in [4.69, 9.17) is 15.9 Å². The van der Waals surface area contributed by atoms with Gasteiger partial charge in [-0.25, -0.2) is 0 Å². The van der Waals surface area contributed by atoms with Gasteiger partial charge in [-0.3, -0.25) is 9.59 Å². The molecule has 7 heteroatoms. The van der Waals surface area contributed by atoms with E-state index in [0.717, 1.165) is 0 Å². The number of nitrogens with two attached hydrogens (primary N) is 2. The molecule has 6 N–H and O–H groups in total. The van der Waals surface area contributed by atoms with Crippen LogP contribution in [0.5, 0.6) is 0 Å². The second kappa shape index (κ2) is 10.2. The van der Waals surface area contributed by atoms with E-state index >= 15 is 0 Å². The molecular weight excluding hydrogens is 188 g/mol. The van der Waals surface area contributed by atoms with Gasteiger partial charge in [0.15, 0.2) is 0 Å². The third-order valence-corrected chi connectivity index (χ3v) is 0.564. The van der Waals surface area contributed by atoms with Crippen LogP contribution < -0.4 is 11.5 Å². The minimum absolute atomic E-state index is 0. The van der Waals surface area contributed by atoms with Gasteiger partial charge >= 0.3 is 11.9 Å². The van der Waals surface area contributed by atoms with Crippen molar-refractivity contribution in [3.63, 3.8) is 0 Å². The van der Waals surface area contributed by atoms with Crippen molar-refractivity contribution in [1.29, 1.82) is 0 Å². The molecule has 0 aliphatic heterocycles. The van der Waals surface area contributed by atoms with Gasteiger partial charge in [-0.05, 0) is 6.92 Å². The van der Waals surface area contributed by atoms with E-state index < -0.39 is 18.0 Å². The fourth-order valence-corrected chi connectivity index (χ4v) is 0. The van der Waals surface area contributed by atoms with Crippen LogP contribution in [0.3, 0.4) is 0 Å². The summed E-state index contributed by atoms with van der Waals surface area (Å²) < 4.78 is 0. The molecule has 0 unspecified atom stereocenters. The number of hydrogen-bond acceptors (Lipinski definition) is 4. The van der Waals surface area contributed by atoms with Gasteiger partial charge in [-0.15, -0.1) is 12.4 Å². The highest BCUT2D eigenvalue weighted by Gasteiger charge is 1.99. The summed E-state index contributed by atoms with van der Waals surface area (Å²) in [5.41, 5.74) is 9.41. The van der Waals surface area contributed by atoms with Gasteiger partial charge in [-0.2, -0.15) is 0 Å². The maximum absolute atomic E-state index is 9.57. The molecule has 0 aliphatic carbocycles. The van der Waals surface area contributed by atoms with Crippen molar-refractivity contribution in [1.82, 2.24) is 0 Å². The van der Waals surface area contributed by atoms with Crippen LogP contribution >= 0.6 is 12.4 Å². The Labute approximate surface area is 75.9 Å². The zero-order valence-electron chi connectivity index (χ0n) is 6.56. The highest BCUT2D eigenvalue weighted by atomic mass is 35.5. The molecule has 0 fully saturated rings. The van der Waals surface area contributed by atoms with Gasteiger partial charge in [0.1, 0.15) is 6.04 Å². The summed E-state index contributed by atoms with van der Waals surface area (Å²) in [6.45, 7) is 1.14. The van der Waals surface area contributed by atoms with Crippen molar-refractivity contribution >= 4 is 24.3 Å². The van der Waals surface area contributed by atoms with Crippen LogP contribution in [0, 0.1) is 0 Å². The third kappa shape index (κ3) is 22.9. The molecule has 0 heterocycles. The van der Waals surface area contributed by atoms with E-state index in [2.05, 4.69) is 5.73 Å². The first-order chi connectivity index (χ1) is 4.91. The quantitative estimate of drug-likeness (QED) is 0.447. The van der Waals surface area contributed by atoms with Gasteiger partial charge < -0.3 is 21.7 Å². The van der Waals surface area contributed by atoms with Crippen LogP contribution in [-0.4, -0.2) is 34.7 Å². The summed E-state index contributed by atoms with van der Waals surface area (Å²) in [6, 6.07) is -0.731. The summed E-state index contributed by atoms with van der Waals surface area (Å²) >= 11 is 0. The Balaban J connectivity index is -0.000000126. The van der Waals surface area contributed by atoms with Crippen molar-refractivity contribution in [2.24, 2.45) is 11.5 Å². The molecule has 0 saturated carbocycles. The number of carbonyl (C=O) groups is 2. The summed E-state index contributed by atoms with van der Waals surface area (Å²) in [6.07, 6.45) is 0. The first kappa shape index (κ1) is 17.3. The van der Waals surface area contributed by atoms with Gasteiger partial charge in [-0.1, -0.05) is 0 Å². The minimum Gasteiger partial charge on any atom is -0.480 e. The Bertz CT molecular complexity index is 139. The Hall–Kier alpha value is -0.850. The number of carboxylic acid groups (broad SMARTS) is 2. The second-order valence-corrected chi connectivity index (χ2v) is 1.72. The van der Waals surface area contributed by atoms with E-state index in [1.165, 1.54) is 6.92 Å². The Kier molecular flexibility index (Phi) is 14.6. The van der Waals surface area contributed by atoms with Crippen LogP contribution in [0.2, 0.25) is 0 Å². The molecule has 0 aromatic heterocycles. The topological polar surface area (TPSA) is 127 Å². The summed E-state index contributed by atoms with van der Waals surface area (Å²) in [5, 5.41) is 15.5. The molecule has 74 valence electrons. The SMILES string of the molecule is C[C@H](N)C(=O)O.Cl.NCC(=O)O. The number of halogens is 1. The lowest BCUT2D eigenvalue weighted by molar-refractivity contribution is -0.138. The molecule has 1 atom stereocenters. The first-order valence-corrected chi connectivity index (χ1v) is 2.82. The van der Waals surface area contributed by atoms with E-state index in [9.17, 15) is 9.59 Å². The Morgan fingerprint density at radius 3 is 1.58 bits per heavy atom. The van der Waals surface area contributed by atoms with Gasteiger partial charge in [0, 0.05) is 0 Å². The molecule has 0 bridgehead atoms.